The molecule has 0 aliphatic heterocycles. The van der Waals surface area contributed by atoms with Crippen LogP contribution in [0.1, 0.15) is 0 Å². The van der Waals surface area contributed by atoms with Gasteiger partial charge < -0.3 is 10.7 Å². The molecule has 0 fully saturated rings. The molecule has 0 unspecified atom stereocenters. The normalized spacial score (nSPS) is 11.2. The standard InChI is InChI=1S/C12H11BrN4/c1-17-11(6-12(14)16-17)10-4-7-2-3-8(13)5-9(7)15-10/h2-6,15H,1H3,(H2,14,16). The molecule has 4 nitrogen and oxygen atoms in total. The van der Waals surface area contributed by atoms with Crippen LogP contribution >= 0.6 is 15.9 Å². The van der Waals surface area contributed by atoms with Crippen LogP contribution in [0.2, 0.25) is 0 Å². The van der Waals surface area contributed by atoms with Crippen LogP contribution in [0.3, 0.4) is 0 Å². The smallest absolute Gasteiger partial charge is 0.146 e. The van der Waals surface area contributed by atoms with Gasteiger partial charge in [-0.1, -0.05) is 22.0 Å². The molecule has 3 aromatic rings. The summed E-state index contributed by atoms with van der Waals surface area (Å²) >= 11 is 3.46. The number of hydrogen-bond donors (Lipinski definition) is 2. The number of aryl methyl sites for hydroxylation is 1. The number of nitrogens with zero attached hydrogens (tertiary/aromatic N) is 2. The maximum atomic E-state index is 5.68. The van der Waals surface area contributed by atoms with Crippen molar-refractivity contribution in [2.45, 2.75) is 0 Å². The fourth-order valence-electron chi connectivity index (χ4n) is 1.98. The number of nitrogens with two attached hydrogens (primary N) is 1. The maximum Gasteiger partial charge on any atom is 0.146 e. The molecule has 2 aromatic heterocycles. The fourth-order valence-corrected chi connectivity index (χ4v) is 2.34. The van der Waals surface area contributed by atoms with Crippen LogP contribution in [-0.4, -0.2) is 14.8 Å². The molecule has 5 heteroatoms. The Balaban J connectivity index is 2.21. The van der Waals surface area contributed by atoms with E-state index < -0.39 is 0 Å². The number of hydrogen-bond acceptors (Lipinski definition) is 2. The first-order valence-electron chi connectivity index (χ1n) is 5.21. The number of benzene rings is 1. The van der Waals surface area contributed by atoms with Crippen LogP contribution in [0, 0.1) is 0 Å². The summed E-state index contributed by atoms with van der Waals surface area (Å²) in [5, 5.41) is 5.31. The third-order valence-electron chi connectivity index (χ3n) is 2.76. The quantitative estimate of drug-likeness (QED) is 0.724. The lowest BCUT2D eigenvalue weighted by molar-refractivity contribution is 0.778. The average Bonchev–Trinajstić information content (AvgIpc) is 2.80. The molecule has 1 aromatic carbocycles. The van der Waals surface area contributed by atoms with Crippen LogP contribution in [0.4, 0.5) is 5.82 Å². The molecule has 0 radical (unpaired) electrons. The molecule has 86 valence electrons. The van der Waals surface area contributed by atoms with E-state index in [-0.39, 0.29) is 0 Å². The summed E-state index contributed by atoms with van der Waals surface area (Å²) < 4.78 is 2.83. The van der Waals surface area contributed by atoms with Gasteiger partial charge >= 0.3 is 0 Å². The summed E-state index contributed by atoms with van der Waals surface area (Å²) in [6.07, 6.45) is 0. The highest BCUT2D eigenvalue weighted by atomic mass is 79.9. The topological polar surface area (TPSA) is 59.6 Å². The predicted octanol–water partition coefficient (Wildman–Crippen LogP) is 2.91. The van der Waals surface area contributed by atoms with E-state index >= 15 is 0 Å². The first kappa shape index (κ1) is 10.4. The van der Waals surface area contributed by atoms with Crippen molar-refractivity contribution in [1.82, 2.24) is 14.8 Å². The lowest BCUT2D eigenvalue weighted by Crippen LogP contribution is -1.94. The average molecular weight is 291 g/mol. The number of H-pyrrole nitrogens is 1. The molecule has 0 aliphatic rings. The first-order chi connectivity index (χ1) is 8.13. The van der Waals surface area contributed by atoms with Crippen molar-refractivity contribution in [3.05, 3.63) is 34.8 Å². The summed E-state index contributed by atoms with van der Waals surface area (Å²) in [5.74, 6) is 0.530. The molecular formula is C12H11BrN4. The van der Waals surface area contributed by atoms with Crippen molar-refractivity contribution >= 4 is 32.7 Å². The van der Waals surface area contributed by atoms with Gasteiger partial charge in [0.25, 0.3) is 0 Å². The van der Waals surface area contributed by atoms with Gasteiger partial charge in [-0.15, -0.1) is 0 Å². The summed E-state index contributed by atoms with van der Waals surface area (Å²) in [6.45, 7) is 0. The van der Waals surface area contributed by atoms with E-state index in [1.807, 2.05) is 19.2 Å². The zero-order valence-corrected chi connectivity index (χ0v) is 10.8. The van der Waals surface area contributed by atoms with Crippen LogP contribution in [0.15, 0.2) is 34.8 Å². The second-order valence-electron chi connectivity index (χ2n) is 3.99. The molecule has 0 atom stereocenters. The molecule has 0 bridgehead atoms. The summed E-state index contributed by atoms with van der Waals surface area (Å²) in [5.41, 5.74) is 8.77. The Morgan fingerprint density at radius 3 is 2.82 bits per heavy atom. The number of halogens is 1. The highest BCUT2D eigenvalue weighted by Crippen LogP contribution is 2.26. The minimum Gasteiger partial charge on any atom is -0.382 e. The van der Waals surface area contributed by atoms with Gasteiger partial charge in [-0.3, -0.25) is 4.68 Å². The van der Waals surface area contributed by atoms with Crippen molar-refractivity contribution in [3.63, 3.8) is 0 Å². The lowest BCUT2D eigenvalue weighted by Gasteiger charge is -1.96. The van der Waals surface area contributed by atoms with E-state index in [9.17, 15) is 0 Å². The van der Waals surface area contributed by atoms with Crippen LogP contribution < -0.4 is 5.73 Å². The van der Waals surface area contributed by atoms with Crippen molar-refractivity contribution in [1.29, 1.82) is 0 Å². The Bertz CT molecular complexity index is 696. The number of aromatic amines is 1. The van der Waals surface area contributed by atoms with Crippen LogP contribution in [0.5, 0.6) is 0 Å². The number of nitrogens with one attached hydrogen (secondary N) is 1. The van der Waals surface area contributed by atoms with Gasteiger partial charge in [0.15, 0.2) is 0 Å². The number of aromatic nitrogens is 3. The molecule has 17 heavy (non-hydrogen) atoms. The molecule has 0 saturated heterocycles. The third kappa shape index (κ3) is 1.72. The minimum atomic E-state index is 0.530. The molecular weight excluding hydrogens is 280 g/mol. The molecule has 0 saturated carbocycles. The van der Waals surface area contributed by atoms with E-state index in [2.05, 4.69) is 44.2 Å². The molecule has 0 aliphatic carbocycles. The Morgan fingerprint density at radius 1 is 1.29 bits per heavy atom. The van der Waals surface area contributed by atoms with E-state index in [1.54, 1.807) is 4.68 Å². The number of rotatable bonds is 1. The Hall–Kier alpha value is -1.75. The van der Waals surface area contributed by atoms with Gasteiger partial charge in [0.2, 0.25) is 0 Å². The molecule has 3 rings (SSSR count). The second-order valence-corrected chi connectivity index (χ2v) is 4.91. The second kappa shape index (κ2) is 3.63. The molecule has 0 spiro atoms. The summed E-state index contributed by atoms with van der Waals surface area (Å²) in [7, 11) is 1.88. The van der Waals surface area contributed by atoms with E-state index in [0.717, 1.165) is 21.4 Å². The zero-order valence-electron chi connectivity index (χ0n) is 9.24. The van der Waals surface area contributed by atoms with Gasteiger partial charge in [-0.05, 0) is 18.2 Å². The minimum absolute atomic E-state index is 0.530. The van der Waals surface area contributed by atoms with Gasteiger partial charge in [-0.25, -0.2) is 0 Å². The SMILES string of the molecule is Cn1nc(N)cc1-c1cc2ccc(Br)cc2[nH]1. The number of nitrogen functional groups attached to an aromatic ring is 1. The summed E-state index contributed by atoms with van der Waals surface area (Å²) in [6, 6.07) is 10.1. The van der Waals surface area contributed by atoms with E-state index in [1.165, 1.54) is 5.39 Å². The molecule has 2 heterocycles. The lowest BCUT2D eigenvalue weighted by atomic mass is 10.2. The fraction of sp³-hybridized carbons (Fsp3) is 0.0833. The van der Waals surface area contributed by atoms with Gasteiger partial charge in [-0.2, -0.15) is 5.10 Å². The monoisotopic (exact) mass is 290 g/mol. The third-order valence-corrected chi connectivity index (χ3v) is 3.25. The maximum absolute atomic E-state index is 5.68. The largest absolute Gasteiger partial charge is 0.382 e. The van der Waals surface area contributed by atoms with Gasteiger partial charge in [0.1, 0.15) is 5.82 Å². The van der Waals surface area contributed by atoms with Gasteiger partial charge in [0.05, 0.1) is 11.4 Å². The predicted molar refractivity (Wildman–Crippen MR) is 72.6 cm³/mol. The highest BCUT2D eigenvalue weighted by Gasteiger charge is 2.08. The van der Waals surface area contributed by atoms with Crippen LogP contribution in [0.25, 0.3) is 22.3 Å². The van der Waals surface area contributed by atoms with E-state index in [4.69, 9.17) is 5.73 Å². The highest BCUT2D eigenvalue weighted by molar-refractivity contribution is 9.10. The van der Waals surface area contributed by atoms with Gasteiger partial charge in [0, 0.05) is 28.5 Å². The van der Waals surface area contributed by atoms with Crippen molar-refractivity contribution in [3.8, 4) is 11.4 Å². The van der Waals surface area contributed by atoms with Crippen LogP contribution in [-0.2, 0) is 7.05 Å². The summed E-state index contributed by atoms with van der Waals surface area (Å²) in [4.78, 5) is 3.36. The van der Waals surface area contributed by atoms with Crippen molar-refractivity contribution in [2.75, 3.05) is 5.73 Å². The molecule has 0 amide bonds. The van der Waals surface area contributed by atoms with E-state index in [0.29, 0.717) is 5.82 Å². The molecule has 3 N–H and O–H groups in total. The van der Waals surface area contributed by atoms with Crippen molar-refractivity contribution in [2.24, 2.45) is 7.05 Å². The number of anilines is 1. The Labute approximate surface area is 107 Å². The zero-order chi connectivity index (χ0) is 12.0. The van der Waals surface area contributed by atoms with Crippen molar-refractivity contribution < 1.29 is 0 Å². The number of fused-ring (bicyclic) bond motifs is 1. The Kier molecular flexibility index (Phi) is 2.22. The first-order valence-corrected chi connectivity index (χ1v) is 6.01. The Morgan fingerprint density at radius 2 is 2.12 bits per heavy atom.